The summed E-state index contributed by atoms with van der Waals surface area (Å²) in [6, 6.07) is 62.1. The molecule has 4 aliphatic rings. The van der Waals surface area contributed by atoms with Gasteiger partial charge in [0, 0.05) is 27.6 Å². The molecule has 4 aliphatic carbocycles. The van der Waals surface area contributed by atoms with Crippen LogP contribution in [0.15, 0.2) is 158 Å². The number of hydrogen-bond acceptors (Lipinski definition) is 0. The molecule has 0 aromatic heterocycles. The fourth-order valence-corrected chi connectivity index (χ4v) is 13.6. The highest BCUT2D eigenvalue weighted by Gasteiger charge is 2.45. The average molecular weight is 865 g/mol. The normalized spacial score (nSPS) is 16.9. The molecule has 0 atom stereocenters. The molecule has 0 radical (unpaired) electrons. The number of fused-ring (bicyclic) bond motifs is 16. The van der Waals surface area contributed by atoms with Crippen molar-refractivity contribution in [2.45, 2.75) is 109 Å². The molecule has 0 amide bonds. The van der Waals surface area contributed by atoms with Crippen LogP contribution in [0.2, 0.25) is 0 Å². The Balaban J connectivity index is 0.953. The van der Waals surface area contributed by atoms with Gasteiger partial charge in [-0.2, -0.15) is 0 Å². The number of rotatable bonds is 3. The monoisotopic (exact) mass is 864 g/mol. The molecule has 13 rings (SSSR count). The van der Waals surface area contributed by atoms with Crippen molar-refractivity contribution in [3.8, 4) is 44.5 Å². The van der Waals surface area contributed by atoms with Gasteiger partial charge in [-0.05, 0) is 162 Å². The van der Waals surface area contributed by atoms with Gasteiger partial charge in [-0.1, -0.05) is 210 Å². The van der Waals surface area contributed by atoms with E-state index in [4.69, 9.17) is 0 Å². The van der Waals surface area contributed by atoms with Crippen LogP contribution in [-0.4, -0.2) is 0 Å². The van der Waals surface area contributed by atoms with Gasteiger partial charge >= 0.3 is 0 Å². The van der Waals surface area contributed by atoms with Gasteiger partial charge in [0.15, 0.2) is 0 Å². The van der Waals surface area contributed by atoms with E-state index in [1.807, 2.05) is 0 Å². The summed E-state index contributed by atoms with van der Waals surface area (Å²) in [5, 5.41) is 5.33. The minimum atomic E-state index is -0.173. The van der Waals surface area contributed by atoms with Crippen LogP contribution in [0.5, 0.6) is 0 Å². The van der Waals surface area contributed by atoms with Gasteiger partial charge in [-0.25, -0.2) is 0 Å². The van der Waals surface area contributed by atoms with Crippen molar-refractivity contribution < 1.29 is 0 Å². The second kappa shape index (κ2) is 13.1. The predicted octanol–water partition coefficient (Wildman–Crippen LogP) is 17.7. The zero-order valence-corrected chi connectivity index (χ0v) is 41.1. The summed E-state index contributed by atoms with van der Waals surface area (Å²) in [5.74, 6) is 0.0630. The van der Waals surface area contributed by atoms with Crippen LogP contribution in [0.25, 0.3) is 66.1 Å². The lowest BCUT2D eigenvalue weighted by Crippen LogP contribution is -2.18. The molecule has 0 aliphatic heterocycles. The first kappa shape index (κ1) is 40.7. The van der Waals surface area contributed by atoms with E-state index in [9.17, 15) is 0 Å². The van der Waals surface area contributed by atoms with Crippen molar-refractivity contribution in [2.75, 3.05) is 0 Å². The lowest BCUT2D eigenvalue weighted by molar-refractivity contribution is 0.590. The largest absolute Gasteiger partial charge is 0.0616 e. The van der Waals surface area contributed by atoms with E-state index in [1.54, 1.807) is 0 Å². The molecule has 0 bridgehead atoms. The Morgan fingerprint density at radius 1 is 0.313 bits per heavy atom. The Hall–Kier alpha value is -6.50. The van der Waals surface area contributed by atoms with Gasteiger partial charge in [0.2, 0.25) is 0 Å². The molecule has 67 heavy (non-hydrogen) atoms. The van der Waals surface area contributed by atoms with Gasteiger partial charge in [0.25, 0.3) is 0 Å². The summed E-state index contributed by atoms with van der Waals surface area (Å²) in [5.41, 5.74) is 27.6. The minimum absolute atomic E-state index is 0.0630. The van der Waals surface area contributed by atoms with E-state index < -0.39 is 0 Å². The molecule has 9 aromatic rings. The van der Waals surface area contributed by atoms with E-state index >= 15 is 0 Å². The van der Waals surface area contributed by atoms with Crippen LogP contribution in [0.1, 0.15) is 149 Å². The number of hydrogen-bond donors (Lipinski definition) is 0. The van der Waals surface area contributed by atoms with E-state index in [-0.39, 0.29) is 33.0 Å². The molecule has 0 spiro atoms. The molecule has 0 fully saturated rings. The summed E-state index contributed by atoms with van der Waals surface area (Å²) in [4.78, 5) is 0. The Bertz CT molecular complexity index is 3430. The molecular weight excluding hydrogens is 805 g/mol. The van der Waals surface area contributed by atoms with Gasteiger partial charge in [0.05, 0.1) is 0 Å². The predicted molar refractivity (Wildman–Crippen MR) is 284 cm³/mol. The SMILES string of the molecule is CC(C)(C)c1ccc(C(c2ccc3c(c2)C(C)(C)c2cc4c(cc2-3)C(C)(C)c2ccc3ccccc3c2-4)c2ccc3c(c2)C(C)(C)c2cc4c(cc2-3)C(C)(C)c2ccc3ccccc3c2-4)cc1. The summed E-state index contributed by atoms with van der Waals surface area (Å²) >= 11 is 0. The van der Waals surface area contributed by atoms with Crippen LogP contribution in [0.4, 0.5) is 0 Å². The maximum absolute atomic E-state index is 2.58. The third-order valence-electron chi connectivity index (χ3n) is 17.5. The van der Waals surface area contributed by atoms with Crippen molar-refractivity contribution in [3.05, 3.63) is 224 Å². The average Bonchev–Trinajstić information content (AvgIpc) is 3.87. The molecular formula is C67H60. The maximum Gasteiger partial charge on any atom is 0.0340 e. The molecule has 0 saturated heterocycles. The summed E-state index contributed by atoms with van der Waals surface area (Å²) in [6.07, 6.45) is 0. The van der Waals surface area contributed by atoms with Crippen LogP contribution >= 0.6 is 0 Å². The molecule has 0 saturated carbocycles. The zero-order valence-electron chi connectivity index (χ0n) is 41.1. The molecule has 0 unspecified atom stereocenters. The quantitative estimate of drug-likeness (QED) is 0.155. The molecule has 328 valence electrons. The van der Waals surface area contributed by atoms with Crippen molar-refractivity contribution >= 4 is 21.5 Å². The Morgan fingerprint density at radius 3 is 1.10 bits per heavy atom. The summed E-state index contributed by atoms with van der Waals surface area (Å²) < 4.78 is 0. The first-order valence-corrected chi connectivity index (χ1v) is 24.7. The second-order valence-electron chi connectivity index (χ2n) is 23.7. The zero-order chi connectivity index (χ0) is 46.3. The van der Waals surface area contributed by atoms with Crippen molar-refractivity contribution in [1.82, 2.24) is 0 Å². The first-order chi connectivity index (χ1) is 31.9. The smallest absolute Gasteiger partial charge is 0.0340 e. The highest BCUT2D eigenvalue weighted by atomic mass is 14.5. The summed E-state index contributed by atoms with van der Waals surface area (Å²) in [6.45, 7) is 26.5. The number of benzene rings is 9. The molecule has 0 heterocycles. The van der Waals surface area contributed by atoms with Crippen molar-refractivity contribution in [2.24, 2.45) is 0 Å². The topological polar surface area (TPSA) is 0 Å². The Morgan fingerprint density at radius 2 is 0.672 bits per heavy atom. The van der Waals surface area contributed by atoms with Crippen LogP contribution in [-0.2, 0) is 27.1 Å². The highest BCUT2D eigenvalue weighted by molar-refractivity contribution is 6.05. The van der Waals surface area contributed by atoms with Crippen LogP contribution < -0.4 is 0 Å². The third-order valence-corrected chi connectivity index (χ3v) is 17.5. The Kier molecular flexibility index (Phi) is 7.99. The summed E-state index contributed by atoms with van der Waals surface area (Å²) in [7, 11) is 0. The third kappa shape index (κ3) is 5.36. The standard InChI is InChI=1S/C67H60/c1-63(2,3)43-26-20-40(21-27-43)60(41-22-28-46-48-34-58-50(36-56(48)66(8,9)54(46)32-41)61-44-18-14-12-16-38(44)24-30-52(61)64(58,4)5)42-23-29-47-49-35-59-51(37-57(49)67(10,11)55(47)33-42)62-45-19-15-13-17-39(45)25-31-53(62)65(59,6)7/h12-37,60H,1-11H3. The van der Waals surface area contributed by atoms with E-state index in [0.29, 0.717) is 0 Å². The van der Waals surface area contributed by atoms with Gasteiger partial charge in [-0.15, -0.1) is 0 Å². The molecule has 0 nitrogen and oxygen atoms in total. The fraction of sp³-hybridized carbons (Fsp3) is 0.254. The van der Waals surface area contributed by atoms with Gasteiger partial charge < -0.3 is 0 Å². The van der Waals surface area contributed by atoms with E-state index in [1.165, 1.54) is 133 Å². The molecule has 0 heteroatoms. The van der Waals surface area contributed by atoms with Crippen LogP contribution in [0, 0.1) is 0 Å². The lowest BCUT2D eigenvalue weighted by atomic mass is 9.76. The lowest BCUT2D eigenvalue weighted by Gasteiger charge is -2.27. The van der Waals surface area contributed by atoms with E-state index in [0.717, 1.165) is 0 Å². The Labute approximate surface area is 397 Å². The highest BCUT2D eigenvalue weighted by Crippen LogP contribution is 2.60. The fourth-order valence-electron chi connectivity index (χ4n) is 13.6. The van der Waals surface area contributed by atoms with E-state index in [2.05, 4.69) is 234 Å². The minimum Gasteiger partial charge on any atom is -0.0616 e. The van der Waals surface area contributed by atoms with Crippen molar-refractivity contribution in [1.29, 1.82) is 0 Å². The molecule has 0 N–H and O–H groups in total. The van der Waals surface area contributed by atoms with Gasteiger partial charge in [-0.3, -0.25) is 0 Å². The van der Waals surface area contributed by atoms with Crippen LogP contribution in [0.3, 0.4) is 0 Å². The first-order valence-electron chi connectivity index (χ1n) is 24.7. The second-order valence-corrected chi connectivity index (χ2v) is 23.7. The maximum atomic E-state index is 2.58. The molecule has 9 aromatic carbocycles. The van der Waals surface area contributed by atoms with Gasteiger partial charge in [0.1, 0.15) is 0 Å². The van der Waals surface area contributed by atoms with Crippen molar-refractivity contribution in [3.63, 3.8) is 0 Å².